The van der Waals surface area contributed by atoms with Crippen molar-refractivity contribution in [2.75, 3.05) is 6.61 Å². The van der Waals surface area contributed by atoms with Gasteiger partial charge in [0.1, 0.15) is 6.10 Å². The highest BCUT2D eigenvalue weighted by Gasteiger charge is 2.30. The van der Waals surface area contributed by atoms with E-state index >= 15 is 0 Å². The summed E-state index contributed by atoms with van der Waals surface area (Å²) in [7, 11) is 0. The molecule has 0 aromatic heterocycles. The number of carbonyl (C=O) groups excluding carboxylic acids is 1. The van der Waals surface area contributed by atoms with Gasteiger partial charge in [-0.1, -0.05) is 35.9 Å². The Bertz CT molecular complexity index is 607. The Morgan fingerprint density at radius 3 is 2.87 bits per heavy atom. The summed E-state index contributed by atoms with van der Waals surface area (Å²) in [6.07, 6.45) is 5.52. The molecule has 2 aliphatic rings. The molecule has 1 aromatic rings. The topological polar surface area (TPSA) is 66.8 Å². The number of ether oxygens (including phenoxy) is 1. The molecule has 1 fully saturated rings. The number of esters is 1. The van der Waals surface area contributed by atoms with Gasteiger partial charge in [0.15, 0.2) is 0 Å². The molecule has 4 unspecified atom stereocenters. The van der Waals surface area contributed by atoms with Gasteiger partial charge in [-0.15, -0.1) is 0 Å². The van der Waals surface area contributed by atoms with Crippen LogP contribution < -0.4 is 0 Å². The molecule has 1 aliphatic carbocycles. The maximum atomic E-state index is 11.5. The zero-order chi connectivity index (χ0) is 16.4. The number of fused-ring (bicyclic) bond motifs is 1. The first kappa shape index (κ1) is 16.2. The summed E-state index contributed by atoms with van der Waals surface area (Å²) in [4.78, 5) is 11.5. The van der Waals surface area contributed by atoms with E-state index in [2.05, 4.69) is 37.3 Å². The predicted octanol–water partition coefficient (Wildman–Crippen LogP) is 2.56. The van der Waals surface area contributed by atoms with E-state index in [-0.39, 0.29) is 36.9 Å². The fourth-order valence-corrected chi connectivity index (χ4v) is 3.73. The van der Waals surface area contributed by atoms with Crippen molar-refractivity contribution in [2.24, 2.45) is 5.92 Å². The first-order chi connectivity index (χ1) is 11.1. The van der Waals surface area contributed by atoms with Crippen LogP contribution in [0.4, 0.5) is 0 Å². The van der Waals surface area contributed by atoms with Crippen LogP contribution in [0, 0.1) is 12.8 Å². The highest BCUT2D eigenvalue weighted by atomic mass is 16.5. The fraction of sp³-hybridized carbons (Fsp3) is 0.526. The predicted molar refractivity (Wildman–Crippen MR) is 87.9 cm³/mol. The van der Waals surface area contributed by atoms with Crippen LogP contribution in [0.3, 0.4) is 0 Å². The van der Waals surface area contributed by atoms with Crippen LogP contribution in [0.1, 0.15) is 48.3 Å². The van der Waals surface area contributed by atoms with Crippen molar-refractivity contribution in [3.8, 4) is 0 Å². The number of cyclic esters (lactones) is 1. The van der Waals surface area contributed by atoms with Crippen molar-refractivity contribution in [3.63, 3.8) is 0 Å². The van der Waals surface area contributed by atoms with E-state index in [9.17, 15) is 15.0 Å². The van der Waals surface area contributed by atoms with Crippen LogP contribution in [0.5, 0.6) is 0 Å². The van der Waals surface area contributed by atoms with Gasteiger partial charge in [0, 0.05) is 18.9 Å². The molecule has 4 nitrogen and oxygen atoms in total. The molecule has 124 valence electrons. The maximum Gasteiger partial charge on any atom is 0.308 e. The van der Waals surface area contributed by atoms with Crippen molar-refractivity contribution >= 4 is 12.0 Å². The van der Waals surface area contributed by atoms with E-state index < -0.39 is 6.10 Å². The van der Waals surface area contributed by atoms with E-state index in [0.717, 1.165) is 6.42 Å². The Morgan fingerprint density at radius 2 is 2.13 bits per heavy atom. The first-order valence-electron chi connectivity index (χ1n) is 8.34. The lowest BCUT2D eigenvalue weighted by molar-refractivity contribution is -0.160. The van der Waals surface area contributed by atoms with Crippen LogP contribution in [-0.4, -0.2) is 35.0 Å². The molecule has 0 amide bonds. The summed E-state index contributed by atoms with van der Waals surface area (Å²) < 4.78 is 5.34. The molecular formula is C19H24O4. The average molecular weight is 316 g/mol. The number of carbonyl (C=O) groups is 1. The van der Waals surface area contributed by atoms with Gasteiger partial charge in [0.25, 0.3) is 0 Å². The van der Waals surface area contributed by atoms with Gasteiger partial charge in [-0.3, -0.25) is 4.79 Å². The van der Waals surface area contributed by atoms with E-state index in [0.29, 0.717) is 12.8 Å². The Morgan fingerprint density at radius 1 is 1.30 bits per heavy atom. The summed E-state index contributed by atoms with van der Waals surface area (Å²) in [5.41, 5.74) is 3.68. The molecule has 1 aromatic carbocycles. The first-order valence-corrected chi connectivity index (χ1v) is 8.34. The maximum absolute atomic E-state index is 11.5. The van der Waals surface area contributed by atoms with Crippen LogP contribution in [0.25, 0.3) is 6.08 Å². The summed E-state index contributed by atoms with van der Waals surface area (Å²) in [5, 5.41) is 19.4. The van der Waals surface area contributed by atoms with Crippen molar-refractivity contribution in [3.05, 3.63) is 41.0 Å². The number of aliphatic hydroxyl groups excluding tert-OH is 2. The third-order valence-corrected chi connectivity index (χ3v) is 4.93. The molecule has 4 heteroatoms. The van der Waals surface area contributed by atoms with E-state index in [1.165, 1.54) is 16.7 Å². The highest BCUT2D eigenvalue weighted by Crippen LogP contribution is 2.38. The number of rotatable bonds is 4. The molecule has 4 atom stereocenters. The third-order valence-electron chi connectivity index (χ3n) is 4.93. The minimum atomic E-state index is -0.587. The van der Waals surface area contributed by atoms with Crippen LogP contribution >= 0.6 is 0 Å². The summed E-state index contributed by atoms with van der Waals surface area (Å²) >= 11 is 0. The van der Waals surface area contributed by atoms with Gasteiger partial charge in [0.2, 0.25) is 0 Å². The lowest BCUT2D eigenvalue weighted by Gasteiger charge is -2.32. The molecule has 23 heavy (non-hydrogen) atoms. The van der Waals surface area contributed by atoms with E-state index in [1.54, 1.807) is 0 Å². The largest absolute Gasteiger partial charge is 0.462 e. The molecule has 0 spiro atoms. The number of hydrogen-bond donors (Lipinski definition) is 2. The zero-order valence-corrected chi connectivity index (χ0v) is 13.4. The fourth-order valence-electron chi connectivity index (χ4n) is 3.73. The normalized spacial score (nSPS) is 30.0. The summed E-state index contributed by atoms with van der Waals surface area (Å²) in [6, 6.07) is 6.41. The minimum Gasteiger partial charge on any atom is -0.462 e. The van der Waals surface area contributed by atoms with Gasteiger partial charge in [-0.2, -0.15) is 0 Å². The SMILES string of the molecule is Cc1ccc2c(c1)C=CC(CO)C2CCC1CC(O)CC(=O)O1. The smallest absolute Gasteiger partial charge is 0.308 e. The van der Waals surface area contributed by atoms with Crippen LogP contribution in [0.15, 0.2) is 24.3 Å². The van der Waals surface area contributed by atoms with E-state index in [1.807, 2.05) is 0 Å². The molecule has 0 saturated carbocycles. The molecule has 2 N–H and O–H groups in total. The van der Waals surface area contributed by atoms with Crippen LogP contribution in [0.2, 0.25) is 0 Å². The van der Waals surface area contributed by atoms with Gasteiger partial charge in [-0.25, -0.2) is 0 Å². The van der Waals surface area contributed by atoms with Gasteiger partial charge < -0.3 is 14.9 Å². The van der Waals surface area contributed by atoms with Crippen molar-refractivity contribution in [1.29, 1.82) is 0 Å². The zero-order valence-electron chi connectivity index (χ0n) is 13.4. The summed E-state index contributed by atoms with van der Waals surface area (Å²) in [6.45, 7) is 2.19. The minimum absolute atomic E-state index is 0.0921. The third kappa shape index (κ3) is 3.65. The van der Waals surface area contributed by atoms with E-state index in [4.69, 9.17) is 4.74 Å². The van der Waals surface area contributed by atoms with Crippen LogP contribution in [-0.2, 0) is 9.53 Å². The number of benzene rings is 1. The van der Waals surface area contributed by atoms with Gasteiger partial charge >= 0.3 is 5.97 Å². The highest BCUT2D eigenvalue weighted by molar-refractivity contribution is 5.71. The van der Waals surface area contributed by atoms with Gasteiger partial charge in [0.05, 0.1) is 12.5 Å². The molecule has 1 aliphatic heterocycles. The van der Waals surface area contributed by atoms with Crippen molar-refractivity contribution in [2.45, 2.75) is 50.7 Å². The monoisotopic (exact) mass is 316 g/mol. The van der Waals surface area contributed by atoms with Crippen molar-refractivity contribution in [1.82, 2.24) is 0 Å². The molecule has 1 heterocycles. The molecule has 3 rings (SSSR count). The molecule has 1 saturated heterocycles. The number of aliphatic hydroxyl groups is 2. The van der Waals surface area contributed by atoms with Crippen molar-refractivity contribution < 1.29 is 19.7 Å². The standard InChI is InChI=1S/C19H24O4/c1-12-2-6-17-13(8-12)3-4-14(11-20)18(17)7-5-16-9-15(21)10-19(22)23-16/h2-4,6,8,14-16,18,20-21H,5,7,9-11H2,1H3. The average Bonchev–Trinajstić information content (AvgIpc) is 2.51. The second kappa shape index (κ2) is 6.85. The Labute approximate surface area is 136 Å². The Balaban J connectivity index is 1.73. The molecular weight excluding hydrogens is 292 g/mol. The second-order valence-electron chi connectivity index (χ2n) is 6.73. The lowest BCUT2D eigenvalue weighted by Crippen LogP contribution is -2.33. The Hall–Kier alpha value is -1.65. The van der Waals surface area contributed by atoms with Gasteiger partial charge in [-0.05, 0) is 36.8 Å². The number of hydrogen-bond acceptors (Lipinski definition) is 4. The lowest BCUT2D eigenvalue weighted by atomic mass is 9.76. The quantitative estimate of drug-likeness (QED) is 0.838. The Kier molecular flexibility index (Phi) is 4.83. The summed E-state index contributed by atoms with van der Waals surface area (Å²) in [5.74, 6) is -0.000170. The number of aryl methyl sites for hydroxylation is 1. The second-order valence-corrected chi connectivity index (χ2v) is 6.73. The molecule has 0 radical (unpaired) electrons. The molecule has 0 bridgehead atoms.